The highest BCUT2D eigenvalue weighted by atomic mass is 16.5. The molecule has 0 unspecified atom stereocenters. The molecule has 138 valence electrons. The van der Waals surface area contributed by atoms with Gasteiger partial charge in [-0.05, 0) is 36.4 Å². The van der Waals surface area contributed by atoms with Crippen LogP contribution in [0, 0.1) is 0 Å². The molecule has 0 aromatic heterocycles. The van der Waals surface area contributed by atoms with E-state index in [0.717, 1.165) is 11.0 Å². The Hall–Kier alpha value is -3.93. The number of rotatable bonds is 4. The molecule has 0 fully saturated rings. The Morgan fingerprint density at radius 3 is 2.07 bits per heavy atom. The van der Waals surface area contributed by atoms with Gasteiger partial charge in [0, 0.05) is 22.6 Å². The Labute approximate surface area is 160 Å². The van der Waals surface area contributed by atoms with Crippen molar-refractivity contribution in [1.82, 2.24) is 0 Å². The van der Waals surface area contributed by atoms with Crippen molar-refractivity contribution in [3.63, 3.8) is 0 Å². The Bertz CT molecular complexity index is 1130. The number of imide groups is 1. The molecule has 0 N–H and O–H groups in total. The lowest BCUT2D eigenvalue weighted by atomic mass is 9.92. The highest BCUT2D eigenvalue weighted by Crippen LogP contribution is 2.41. The number of methoxy groups -OCH3 is 1. The number of para-hydroxylation sites is 1. The predicted octanol–water partition coefficient (Wildman–Crippen LogP) is 3.74. The Kier molecular flexibility index (Phi) is 4.16. The third kappa shape index (κ3) is 2.54. The summed E-state index contributed by atoms with van der Waals surface area (Å²) < 4.78 is 10.7. The molecule has 4 rings (SSSR count). The fraction of sp³-hybridized carbons (Fsp3) is 0.0455. The standard InChI is InChI=1S/C22H15NO5/c1-3-18(24)28-17-12-10-15-19-14(9-11-16(27-2)20(17)19)21(25)23(22(15)26)13-7-5-4-6-8-13/h3-12H,1H2,2H3. The van der Waals surface area contributed by atoms with Gasteiger partial charge in [-0.2, -0.15) is 0 Å². The van der Waals surface area contributed by atoms with Crippen LogP contribution in [-0.2, 0) is 4.79 Å². The second kappa shape index (κ2) is 6.66. The van der Waals surface area contributed by atoms with Crippen molar-refractivity contribution in [2.45, 2.75) is 0 Å². The zero-order valence-electron chi connectivity index (χ0n) is 15.0. The summed E-state index contributed by atoms with van der Waals surface area (Å²) in [5.74, 6) is -0.980. The minimum absolute atomic E-state index is 0.191. The van der Waals surface area contributed by atoms with E-state index in [1.807, 2.05) is 6.07 Å². The maximum Gasteiger partial charge on any atom is 0.335 e. The highest BCUT2D eigenvalue weighted by Gasteiger charge is 2.35. The van der Waals surface area contributed by atoms with E-state index in [2.05, 4.69) is 6.58 Å². The fourth-order valence-corrected chi connectivity index (χ4v) is 3.34. The third-order valence-corrected chi connectivity index (χ3v) is 4.56. The maximum absolute atomic E-state index is 13.1. The van der Waals surface area contributed by atoms with Crippen molar-refractivity contribution in [2.75, 3.05) is 12.0 Å². The number of amides is 2. The van der Waals surface area contributed by atoms with E-state index in [1.54, 1.807) is 42.5 Å². The van der Waals surface area contributed by atoms with Gasteiger partial charge in [-0.3, -0.25) is 9.59 Å². The van der Waals surface area contributed by atoms with Gasteiger partial charge in [0.15, 0.2) is 0 Å². The van der Waals surface area contributed by atoms with E-state index in [1.165, 1.54) is 13.2 Å². The van der Waals surface area contributed by atoms with Gasteiger partial charge < -0.3 is 9.47 Å². The summed E-state index contributed by atoms with van der Waals surface area (Å²) in [6, 6.07) is 15.0. The Morgan fingerprint density at radius 1 is 0.893 bits per heavy atom. The van der Waals surface area contributed by atoms with Crippen LogP contribution >= 0.6 is 0 Å². The number of hydrogen-bond donors (Lipinski definition) is 0. The number of esters is 1. The van der Waals surface area contributed by atoms with Crippen LogP contribution in [0.2, 0.25) is 0 Å². The average Bonchev–Trinajstić information content (AvgIpc) is 2.73. The molecule has 1 heterocycles. The van der Waals surface area contributed by atoms with Crippen molar-refractivity contribution in [1.29, 1.82) is 0 Å². The zero-order valence-corrected chi connectivity index (χ0v) is 15.0. The van der Waals surface area contributed by atoms with Crippen LogP contribution < -0.4 is 14.4 Å². The summed E-state index contributed by atoms with van der Waals surface area (Å²) in [6.07, 6.45) is 1.04. The molecule has 6 heteroatoms. The number of carbonyl (C=O) groups is 3. The lowest BCUT2D eigenvalue weighted by Gasteiger charge is -2.28. The smallest absolute Gasteiger partial charge is 0.335 e. The van der Waals surface area contributed by atoms with Crippen LogP contribution in [0.3, 0.4) is 0 Å². The summed E-state index contributed by atoms with van der Waals surface area (Å²) in [5.41, 5.74) is 1.13. The molecule has 28 heavy (non-hydrogen) atoms. The minimum atomic E-state index is -0.651. The van der Waals surface area contributed by atoms with Crippen molar-refractivity contribution < 1.29 is 23.9 Å². The summed E-state index contributed by atoms with van der Waals surface area (Å²) >= 11 is 0. The summed E-state index contributed by atoms with van der Waals surface area (Å²) in [6.45, 7) is 3.39. The number of anilines is 1. The summed E-state index contributed by atoms with van der Waals surface area (Å²) in [4.78, 5) is 39.1. The van der Waals surface area contributed by atoms with E-state index >= 15 is 0 Å². The number of ether oxygens (including phenoxy) is 2. The molecule has 0 saturated carbocycles. The molecule has 0 bridgehead atoms. The lowest BCUT2D eigenvalue weighted by molar-refractivity contribution is -0.128. The molecule has 0 radical (unpaired) electrons. The Balaban J connectivity index is 1.99. The van der Waals surface area contributed by atoms with Crippen molar-refractivity contribution >= 4 is 34.2 Å². The summed E-state index contributed by atoms with van der Waals surface area (Å²) in [7, 11) is 1.46. The summed E-state index contributed by atoms with van der Waals surface area (Å²) in [5, 5.41) is 0.790. The normalized spacial score (nSPS) is 12.8. The largest absolute Gasteiger partial charge is 0.496 e. The molecule has 0 saturated heterocycles. The van der Waals surface area contributed by atoms with Gasteiger partial charge in [-0.25, -0.2) is 9.69 Å². The van der Waals surface area contributed by atoms with Crippen molar-refractivity contribution in [3.05, 3.63) is 78.4 Å². The number of benzene rings is 3. The first-order valence-corrected chi connectivity index (χ1v) is 8.48. The predicted molar refractivity (Wildman–Crippen MR) is 104 cm³/mol. The van der Waals surface area contributed by atoms with Gasteiger partial charge in [0.25, 0.3) is 11.8 Å². The SMILES string of the molecule is C=CC(=O)Oc1ccc2c3c(ccc(OC)c13)C(=O)N(c1ccccc1)C2=O. The molecule has 1 aliphatic rings. The van der Waals surface area contributed by atoms with E-state index in [-0.39, 0.29) is 5.75 Å². The van der Waals surface area contributed by atoms with E-state index < -0.39 is 17.8 Å². The fourth-order valence-electron chi connectivity index (χ4n) is 3.34. The van der Waals surface area contributed by atoms with Gasteiger partial charge >= 0.3 is 5.97 Å². The molecule has 6 nitrogen and oxygen atoms in total. The van der Waals surface area contributed by atoms with E-state index in [0.29, 0.717) is 33.3 Å². The topological polar surface area (TPSA) is 72.9 Å². The first-order valence-electron chi connectivity index (χ1n) is 8.48. The second-order valence-corrected chi connectivity index (χ2v) is 6.08. The van der Waals surface area contributed by atoms with Gasteiger partial charge in [0.2, 0.25) is 0 Å². The quantitative estimate of drug-likeness (QED) is 0.301. The van der Waals surface area contributed by atoms with Crippen molar-refractivity contribution in [2.24, 2.45) is 0 Å². The first-order chi connectivity index (χ1) is 13.6. The van der Waals surface area contributed by atoms with Crippen LogP contribution in [0.4, 0.5) is 5.69 Å². The lowest BCUT2D eigenvalue weighted by Crippen LogP contribution is -2.40. The molecule has 1 aliphatic heterocycles. The van der Waals surface area contributed by atoms with Crippen LogP contribution in [0.5, 0.6) is 11.5 Å². The van der Waals surface area contributed by atoms with Gasteiger partial charge in [-0.15, -0.1) is 0 Å². The van der Waals surface area contributed by atoms with E-state index in [4.69, 9.17) is 9.47 Å². The first kappa shape index (κ1) is 17.5. The van der Waals surface area contributed by atoms with Crippen LogP contribution in [-0.4, -0.2) is 24.9 Å². The zero-order chi connectivity index (χ0) is 19.8. The van der Waals surface area contributed by atoms with Crippen LogP contribution in [0.15, 0.2) is 67.3 Å². The molecule has 3 aromatic carbocycles. The molecule has 3 aromatic rings. The van der Waals surface area contributed by atoms with Crippen LogP contribution in [0.1, 0.15) is 20.7 Å². The maximum atomic E-state index is 13.1. The van der Waals surface area contributed by atoms with Gasteiger partial charge in [-0.1, -0.05) is 24.8 Å². The Morgan fingerprint density at radius 2 is 1.50 bits per heavy atom. The number of nitrogens with zero attached hydrogens (tertiary/aromatic N) is 1. The number of hydrogen-bond acceptors (Lipinski definition) is 5. The highest BCUT2D eigenvalue weighted by molar-refractivity contribution is 6.36. The van der Waals surface area contributed by atoms with Gasteiger partial charge in [0.05, 0.1) is 18.2 Å². The minimum Gasteiger partial charge on any atom is -0.496 e. The van der Waals surface area contributed by atoms with E-state index in [9.17, 15) is 14.4 Å². The molecular weight excluding hydrogens is 358 g/mol. The van der Waals surface area contributed by atoms with Gasteiger partial charge in [0.1, 0.15) is 11.5 Å². The molecule has 0 aliphatic carbocycles. The molecular formula is C22H15NO5. The van der Waals surface area contributed by atoms with Crippen LogP contribution in [0.25, 0.3) is 10.8 Å². The monoisotopic (exact) mass is 373 g/mol. The second-order valence-electron chi connectivity index (χ2n) is 6.08. The molecule has 2 amide bonds. The third-order valence-electron chi connectivity index (χ3n) is 4.56. The molecule has 0 spiro atoms. The molecule has 0 atom stereocenters. The van der Waals surface area contributed by atoms with Crippen molar-refractivity contribution in [3.8, 4) is 11.5 Å². The average molecular weight is 373 g/mol. The number of carbonyl (C=O) groups excluding carboxylic acids is 3.